The van der Waals surface area contributed by atoms with Gasteiger partial charge in [-0.3, -0.25) is 15.4 Å². The lowest BCUT2D eigenvalue weighted by Gasteiger charge is -2.24. The molecule has 0 heterocycles. The number of nitro groups is 1. The quantitative estimate of drug-likeness (QED) is 0.508. The average Bonchev–Trinajstić information content (AvgIpc) is 2.67. The zero-order chi connectivity index (χ0) is 17.6. The molecule has 4 heteroatoms. The van der Waals surface area contributed by atoms with Gasteiger partial charge in [-0.2, -0.15) is 0 Å². The molecule has 3 rings (SSSR count). The largest absolute Gasteiger partial charge is 0.300 e. The summed E-state index contributed by atoms with van der Waals surface area (Å²) >= 11 is 0. The van der Waals surface area contributed by atoms with E-state index in [1.807, 2.05) is 49.4 Å². The summed E-state index contributed by atoms with van der Waals surface area (Å²) in [5, 5.41) is 14.6. The molecular formula is C21H20N2O2. The summed E-state index contributed by atoms with van der Waals surface area (Å²) in [6.07, 6.45) is 0. The number of nitrogens with zero attached hydrogens (tertiary/aromatic N) is 1. The van der Waals surface area contributed by atoms with Crippen LogP contribution in [0.25, 0.3) is 0 Å². The molecule has 1 atom stereocenters. The van der Waals surface area contributed by atoms with Crippen LogP contribution in [-0.2, 0) is 0 Å². The van der Waals surface area contributed by atoms with Crippen molar-refractivity contribution < 1.29 is 4.92 Å². The van der Waals surface area contributed by atoms with Crippen LogP contribution in [-0.4, -0.2) is 4.92 Å². The lowest BCUT2D eigenvalue weighted by Crippen LogP contribution is -2.25. The van der Waals surface area contributed by atoms with Crippen LogP contribution in [0, 0.1) is 10.1 Å². The molecule has 126 valence electrons. The Labute approximate surface area is 147 Å². The van der Waals surface area contributed by atoms with Gasteiger partial charge in [0.1, 0.15) is 0 Å². The van der Waals surface area contributed by atoms with Gasteiger partial charge in [-0.1, -0.05) is 72.8 Å². The van der Waals surface area contributed by atoms with Crippen LogP contribution in [0.15, 0.2) is 84.9 Å². The Hall–Kier alpha value is -2.98. The fourth-order valence-corrected chi connectivity index (χ4v) is 2.93. The Morgan fingerprint density at radius 1 is 0.800 bits per heavy atom. The van der Waals surface area contributed by atoms with Gasteiger partial charge in [0.05, 0.1) is 11.0 Å². The van der Waals surface area contributed by atoms with Crippen LogP contribution in [0.5, 0.6) is 0 Å². The molecule has 0 radical (unpaired) electrons. The first-order valence-corrected chi connectivity index (χ1v) is 8.25. The van der Waals surface area contributed by atoms with Crippen molar-refractivity contribution in [3.05, 3.63) is 112 Å². The van der Waals surface area contributed by atoms with Gasteiger partial charge < -0.3 is 0 Å². The summed E-state index contributed by atoms with van der Waals surface area (Å²) in [6, 6.07) is 27.2. The summed E-state index contributed by atoms with van der Waals surface area (Å²) in [5.74, 6) is 0. The van der Waals surface area contributed by atoms with Crippen molar-refractivity contribution in [2.75, 3.05) is 0 Å². The van der Waals surface area contributed by atoms with E-state index in [0.717, 1.165) is 16.7 Å². The lowest BCUT2D eigenvalue weighted by molar-refractivity contribution is -0.384. The zero-order valence-electron chi connectivity index (χ0n) is 14.0. The summed E-state index contributed by atoms with van der Waals surface area (Å²) in [7, 11) is 0. The smallest absolute Gasteiger partial charge is 0.269 e. The highest BCUT2D eigenvalue weighted by Crippen LogP contribution is 2.27. The van der Waals surface area contributed by atoms with Crippen molar-refractivity contribution in [3.63, 3.8) is 0 Å². The standard InChI is InChI=1S/C21H20N2O2/c1-16(19-13-8-14-20(15-19)23(24)25)22-21(17-9-4-2-5-10-17)18-11-6-3-7-12-18/h2-16,21-22H,1H3. The Morgan fingerprint density at radius 2 is 1.32 bits per heavy atom. The maximum Gasteiger partial charge on any atom is 0.269 e. The van der Waals surface area contributed by atoms with Gasteiger partial charge in [0.2, 0.25) is 0 Å². The monoisotopic (exact) mass is 332 g/mol. The maximum atomic E-state index is 11.0. The average molecular weight is 332 g/mol. The van der Waals surface area contributed by atoms with E-state index in [4.69, 9.17) is 0 Å². The molecule has 0 aliphatic heterocycles. The predicted octanol–water partition coefficient (Wildman–Crippen LogP) is 5.04. The molecule has 25 heavy (non-hydrogen) atoms. The maximum absolute atomic E-state index is 11.0. The van der Waals surface area contributed by atoms with Crippen LogP contribution in [0.2, 0.25) is 0 Å². The second-order valence-corrected chi connectivity index (χ2v) is 5.99. The van der Waals surface area contributed by atoms with Gasteiger partial charge in [0.15, 0.2) is 0 Å². The summed E-state index contributed by atoms with van der Waals surface area (Å²) in [5.41, 5.74) is 3.32. The number of nitrogens with one attached hydrogen (secondary N) is 1. The minimum absolute atomic E-state index is 0.0108. The van der Waals surface area contributed by atoms with Crippen molar-refractivity contribution in [1.82, 2.24) is 5.32 Å². The molecule has 1 N–H and O–H groups in total. The second kappa shape index (κ2) is 7.73. The topological polar surface area (TPSA) is 55.2 Å². The minimum atomic E-state index is -0.359. The molecule has 0 spiro atoms. The first-order chi connectivity index (χ1) is 12.1. The molecule has 0 saturated heterocycles. The molecule has 0 amide bonds. The van der Waals surface area contributed by atoms with Crippen molar-refractivity contribution >= 4 is 5.69 Å². The molecule has 0 aliphatic rings. The third kappa shape index (κ3) is 4.11. The molecule has 0 bridgehead atoms. The van der Waals surface area contributed by atoms with Crippen LogP contribution >= 0.6 is 0 Å². The van der Waals surface area contributed by atoms with Gasteiger partial charge in [-0.05, 0) is 23.6 Å². The number of hydrogen-bond acceptors (Lipinski definition) is 3. The molecule has 0 aliphatic carbocycles. The van der Waals surface area contributed by atoms with E-state index in [1.54, 1.807) is 12.1 Å². The number of hydrogen-bond donors (Lipinski definition) is 1. The molecular weight excluding hydrogens is 312 g/mol. The normalized spacial score (nSPS) is 12.1. The SMILES string of the molecule is CC(NC(c1ccccc1)c1ccccc1)c1cccc([N+](=O)[O-])c1. The number of rotatable bonds is 6. The fourth-order valence-electron chi connectivity index (χ4n) is 2.93. The zero-order valence-corrected chi connectivity index (χ0v) is 14.0. The second-order valence-electron chi connectivity index (χ2n) is 5.99. The molecule has 1 unspecified atom stereocenters. The van der Waals surface area contributed by atoms with Gasteiger partial charge >= 0.3 is 0 Å². The molecule has 3 aromatic rings. The van der Waals surface area contributed by atoms with E-state index < -0.39 is 0 Å². The summed E-state index contributed by atoms with van der Waals surface area (Å²) < 4.78 is 0. The highest BCUT2D eigenvalue weighted by molar-refractivity contribution is 5.37. The first kappa shape index (κ1) is 16.9. The summed E-state index contributed by atoms with van der Waals surface area (Å²) in [4.78, 5) is 10.7. The van der Waals surface area contributed by atoms with Gasteiger partial charge in [0.25, 0.3) is 5.69 Å². The Kier molecular flexibility index (Phi) is 5.21. The predicted molar refractivity (Wildman–Crippen MR) is 99.4 cm³/mol. The van der Waals surface area contributed by atoms with E-state index in [2.05, 4.69) is 29.6 Å². The van der Waals surface area contributed by atoms with E-state index in [9.17, 15) is 10.1 Å². The van der Waals surface area contributed by atoms with Gasteiger partial charge in [-0.15, -0.1) is 0 Å². The number of benzene rings is 3. The molecule has 4 nitrogen and oxygen atoms in total. The Bertz CT molecular complexity index is 795. The van der Waals surface area contributed by atoms with E-state index in [0.29, 0.717) is 0 Å². The first-order valence-electron chi connectivity index (χ1n) is 8.25. The van der Waals surface area contributed by atoms with Crippen LogP contribution in [0.4, 0.5) is 5.69 Å². The lowest BCUT2D eigenvalue weighted by atomic mass is 9.96. The fraction of sp³-hybridized carbons (Fsp3) is 0.143. The van der Waals surface area contributed by atoms with E-state index in [-0.39, 0.29) is 22.7 Å². The molecule has 0 aromatic heterocycles. The van der Waals surface area contributed by atoms with Gasteiger partial charge in [0, 0.05) is 18.2 Å². The van der Waals surface area contributed by atoms with Crippen LogP contribution in [0.3, 0.4) is 0 Å². The van der Waals surface area contributed by atoms with Crippen molar-refractivity contribution in [2.45, 2.75) is 19.0 Å². The Morgan fingerprint density at radius 3 is 1.84 bits per heavy atom. The van der Waals surface area contributed by atoms with Crippen molar-refractivity contribution in [3.8, 4) is 0 Å². The van der Waals surface area contributed by atoms with Crippen LogP contribution in [0.1, 0.15) is 35.7 Å². The number of non-ortho nitro benzene ring substituents is 1. The third-order valence-corrected chi connectivity index (χ3v) is 4.26. The minimum Gasteiger partial charge on any atom is -0.300 e. The Balaban J connectivity index is 1.90. The number of nitro benzene ring substituents is 1. The third-order valence-electron chi connectivity index (χ3n) is 4.26. The molecule has 0 fully saturated rings. The molecule has 3 aromatic carbocycles. The van der Waals surface area contributed by atoms with Crippen LogP contribution < -0.4 is 5.32 Å². The van der Waals surface area contributed by atoms with Crippen molar-refractivity contribution in [2.24, 2.45) is 0 Å². The van der Waals surface area contributed by atoms with Crippen molar-refractivity contribution in [1.29, 1.82) is 0 Å². The van der Waals surface area contributed by atoms with E-state index in [1.165, 1.54) is 6.07 Å². The highest BCUT2D eigenvalue weighted by atomic mass is 16.6. The molecule has 0 saturated carbocycles. The summed E-state index contributed by atoms with van der Waals surface area (Å²) in [6.45, 7) is 2.03. The highest BCUT2D eigenvalue weighted by Gasteiger charge is 2.18. The van der Waals surface area contributed by atoms with Gasteiger partial charge in [-0.25, -0.2) is 0 Å². The van der Waals surface area contributed by atoms with E-state index >= 15 is 0 Å².